The maximum absolute atomic E-state index is 11.7. The molecule has 4 N–H and O–H groups in total. The second-order valence-electron chi connectivity index (χ2n) is 4.37. The number of esters is 1. The zero-order chi connectivity index (χ0) is 14.4. The van der Waals surface area contributed by atoms with Crippen molar-refractivity contribution in [1.29, 1.82) is 0 Å². The van der Waals surface area contributed by atoms with Crippen LogP contribution < -0.4 is 11.5 Å². The maximum Gasteiger partial charge on any atom is 0.340 e. The summed E-state index contributed by atoms with van der Waals surface area (Å²) in [6.45, 7) is 0.183. The summed E-state index contributed by atoms with van der Waals surface area (Å²) >= 11 is 0. The van der Waals surface area contributed by atoms with Crippen molar-refractivity contribution in [3.63, 3.8) is 0 Å². The quantitative estimate of drug-likeness (QED) is 0.467. The van der Waals surface area contributed by atoms with Gasteiger partial charge in [0, 0.05) is 31.9 Å². The normalized spacial score (nSPS) is 10.0. The van der Waals surface area contributed by atoms with Crippen LogP contribution in [-0.2, 0) is 9.53 Å². The predicted molar refractivity (Wildman–Crippen MR) is 73.5 cm³/mol. The SMILES string of the molecule is CN(C)C(=O)CCCOC(=O)c1ccc(N)cc1N. The summed E-state index contributed by atoms with van der Waals surface area (Å²) in [5.41, 5.74) is 12.3. The Balaban J connectivity index is 2.41. The van der Waals surface area contributed by atoms with E-state index in [9.17, 15) is 9.59 Å². The van der Waals surface area contributed by atoms with Crippen LogP contribution in [0.4, 0.5) is 11.4 Å². The number of ether oxygens (including phenoxy) is 1. The van der Waals surface area contributed by atoms with Crippen LogP contribution in [0.2, 0.25) is 0 Å². The molecule has 0 saturated carbocycles. The van der Waals surface area contributed by atoms with Crippen molar-refractivity contribution in [1.82, 2.24) is 4.90 Å². The molecule has 1 amide bonds. The van der Waals surface area contributed by atoms with Gasteiger partial charge in [-0.25, -0.2) is 4.79 Å². The molecule has 0 aliphatic heterocycles. The first kappa shape index (κ1) is 14.8. The molecule has 1 aromatic carbocycles. The number of nitrogens with two attached hydrogens (primary N) is 2. The highest BCUT2D eigenvalue weighted by Crippen LogP contribution is 2.16. The predicted octanol–water partition coefficient (Wildman–Crippen LogP) is 0.876. The summed E-state index contributed by atoms with van der Waals surface area (Å²) in [6.07, 6.45) is 0.829. The first-order valence-electron chi connectivity index (χ1n) is 5.94. The number of nitrogens with zero attached hydrogens (tertiary/aromatic N) is 1. The van der Waals surface area contributed by atoms with Gasteiger partial charge in [-0.05, 0) is 24.6 Å². The minimum atomic E-state index is -0.505. The number of carbonyl (C=O) groups excluding carboxylic acids is 2. The number of benzene rings is 1. The van der Waals surface area contributed by atoms with Gasteiger partial charge in [-0.3, -0.25) is 4.79 Å². The number of hydrogen-bond acceptors (Lipinski definition) is 5. The average Bonchev–Trinajstić information content (AvgIpc) is 2.33. The highest BCUT2D eigenvalue weighted by atomic mass is 16.5. The summed E-state index contributed by atoms with van der Waals surface area (Å²) in [5, 5.41) is 0. The smallest absolute Gasteiger partial charge is 0.340 e. The van der Waals surface area contributed by atoms with E-state index in [0.717, 1.165) is 0 Å². The van der Waals surface area contributed by atoms with Crippen molar-refractivity contribution >= 4 is 23.3 Å². The summed E-state index contributed by atoms with van der Waals surface area (Å²) in [7, 11) is 3.37. The van der Waals surface area contributed by atoms with Crippen molar-refractivity contribution in [2.75, 3.05) is 32.2 Å². The molecule has 0 heterocycles. The molecule has 1 rings (SSSR count). The Morgan fingerprint density at radius 2 is 1.95 bits per heavy atom. The average molecular weight is 265 g/mol. The Bertz CT molecular complexity index is 472. The molecule has 0 atom stereocenters. The number of nitrogen functional groups attached to an aromatic ring is 2. The van der Waals surface area contributed by atoms with Crippen molar-refractivity contribution in [2.45, 2.75) is 12.8 Å². The lowest BCUT2D eigenvalue weighted by Crippen LogP contribution is -2.21. The van der Waals surface area contributed by atoms with Gasteiger partial charge in [0.2, 0.25) is 5.91 Å². The summed E-state index contributed by atoms with van der Waals surface area (Å²) in [4.78, 5) is 24.5. The van der Waals surface area contributed by atoms with E-state index in [4.69, 9.17) is 16.2 Å². The van der Waals surface area contributed by atoms with Gasteiger partial charge in [0.15, 0.2) is 0 Å². The van der Waals surface area contributed by atoms with E-state index in [1.165, 1.54) is 17.0 Å². The van der Waals surface area contributed by atoms with Gasteiger partial charge in [0.25, 0.3) is 0 Å². The van der Waals surface area contributed by atoms with E-state index in [0.29, 0.717) is 18.5 Å². The molecule has 0 aromatic heterocycles. The fourth-order valence-electron chi connectivity index (χ4n) is 1.46. The fourth-order valence-corrected chi connectivity index (χ4v) is 1.46. The summed E-state index contributed by atoms with van der Waals surface area (Å²) in [6, 6.07) is 4.62. The lowest BCUT2D eigenvalue weighted by Gasteiger charge is -2.10. The van der Waals surface area contributed by atoms with E-state index in [2.05, 4.69) is 0 Å². The fraction of sp³-hybridized carbons (Fsp3) is 0.385. The first-order chi connectivity index (χ1) is 8.91. The van der Waals surface area contributed by atoms with Gasteiger partial charge < -0.3 is 21.1 Å². The van der Waals surface area contributed by atoms with Crippen molar-refractivity contribution in [2.24, 2.45) is 0 Å². The second-order valence-corrected chi connectivity index (χ2v) is 4.37. The monoisotopic (exact) mass is 265 g/mol. The van der Waals surface area contributed by atoms with E-state index < -0.39 is 5.97 Å². The van der Waals surface area contributed by atoms with Crippen LogP contribution in [0.3, 0.4) is 0 Å². The van der Waals surface area contributed by atoms with Gasteiger partial charge in [0.1, 0.15) is 0 Å². The topological polar surface area (TPSA) is 98.6 Å². The van der Waals surface area contributed by atoms with Crippen molar-refractivity contribution in [3.05, 3.63) is 23.8 Å². The highest BCUT2D eigenvalue weighted by Gasteiger charge is 2.11. The van der Waals surface area contributed by atoms with Gasteiger partial charge in [-0.1, -0.05) is 0 Å². The van der Waals surface area contributed by atoms with E-state index in [1.807, 2.05) is 0 Å². The number of carbonyl (C=O) groups is 2. The highest BCUT2D eigenvalue weighted by molar-refractivity contribution is 5.95. The number of hydrogen-bond donors (Lipinski definition) is 2. The Labute approximate surface area is 112 Å². The van der Waals surface area contributed by atoms with Crippen LogP contribution in [0.1, 0.15) is 23.2 Å². The number of amides is 1. The molecular formula is C13H19N3O3. The maximum atomic E-state index is 11.7. The lowest BCUT2D eigenvalue weighted by molar-refractivity contribution is -0.128. The molecule has 104 valence electrons. The standard InChI is InChI=1S/C13H19N3O3/c1-16(2)12(17)4-3-7-19-13(18)10-6-5-9(14)8-11(10)15/h5-6,8H,3-4,7,14-15H2,1-2H3. The van der Waals surface area contributed by atoms with Gasteiger partial charge >= 0.3 is 5.97 Å². The Kier molecular flexibility index (Phi) is 5.17. The van der Waals surface area contributed by atoms with Crippen molar-refractivity contribution in [3.8, 4) is 0 Å². The minimum absolute atomic E-state index is 0.00282. The molecule has 19 heavy (non-hydrogen) atoms. The van der Waals surface area contributed by atoms with E-state index in [1.54, 1.807) is 20.2 Å². The van der Waals surface area contributed by atoms with Crippen LogP contribution in [0.25, 0.3) is 0 Å². The molecule has 0 aliphatic carbocycles. The largest absolute Gasteiger partial charge is 0.462 e. The summed E-state index contributed by atoms with van der Waals surface area (Å²) in [5.74, 6) is -0.502. The zero-order valence-corrected chi connectivity index (χ0v) is 11.2. The Morgan fingerprint density at radius 3 is 2.53 bits per heavy atom. The first-order valence-corrected chi connectivity index (χ1v) is 5.94. The molecule has 0 saturated heterocycles. The van der Waals surface area contributed by atoms with Crippen LogP contribution in [0.5, 0.6) is 0 Å². The van der Waals surface area contributed by atoms with Gasteiger partial charge in [0.05, 0.1) is 12.2 Å². The minimum Gasteiger partial charge on any atom is -0.462 e. The number of rotatable bonds is 5. The number of anilines is 2. The van der Waals surface area contributed by atoms with Gasteiger partial charge in [-0.2, -0.15) is 0 Å². The van der Waals surface area contributed by atoms with Crippen LogP contribution in [0.15, 0.2) is 18.2 Å². The molecule has 0 bridgehead atoms. The molecule has 6 heteroatoms. The molecule has 0 aliphatic rings. The third-order valence-electron chi connectivity index (χ3n) is 2.56. The van der Waals surface area contributed by atoms with Crippen LogP contribution >= 0.6 is 0 Å². The second kappa shape index (κ2) is 6.63. The molecule has 0 unspecified atom stereocenters. The van der Waals surface area contributed by atoms with Crippen LogP contribution in [-0.4, -0.2) is 37.5 Å². The molecular weight excluding hydrogens is 246 g/mol. The molecule has 0 spiro atoms. The molecule has 6 nitrogen and oxygen atoms in total. The third kappa shape index (κ3) is 4.50. The van der Waals surface area contributed by atoms with Crippen LogP contribution in [0, 0.1) is 0 Å². The Hall–Kier alpha value is -2.24. The Morgan fingerprint density at radius 1 is 1.26 bits per heavy atom. The molecule has 0 fully saturated rings. The zero-order valence-electron chi connectivity index (χ0n) is 11.2. The molecule has 0 radical (unpaired) electrons. The van der Waals surface area contributed by atoms with Crippen molar-refractivity contribution < 1.29 is 14.3 Å². The molecule has 1 aromatic rings. The lowest BCUT2D eigenvalue weighted by atomic mass is 10.1. The summed E-state index contributed by atoms with van der Waals surface area (Å²) < 4.78 is 5.05. The van der Waals surface area contributed by atoms with E-state index in [-0.39, 0.29) is 23.8 Å². The third-order valence-corrected chi connectivity index (χ3v) is 2.56. The van der Waals surface area contributed by atoms with E-state index >= 15 is 0 Å². The van der Waals surface area contributed by atoms with Gasteiger partial charge in [-0.15, -0.1) is 0 Å².